The molecule has 0 fully saturated rings. The molecule has 0 aliphatic carbocycles. The average Bonchev–Trinajstić information content (AvgIpc) is 2.57. The van der Waals surface area contributed by atoms with E-state index in [9.17, 15) is 14.4 Å². The maximum absolute atomic E-state index is 11.9. The minimum absolute atomic E-state index is 0.344. The highest BCUT2D eigenvalue weighted by molar-refractivity contribution is 6.43. The van der Waals surface area contributed by atoms with Crippen molar-refractivity contribution in [3.05, 3.63) is 58.6 Å². The van der Waals surface area contributed by atoms with E-state index in [2.05, 4.69) is 15.4 Å². The molecular formula is C17H15ClN2O4. The monoisotopic (exact) mass is 346 g/mol. The van der Waals surface area contributed by atoms with Crippen LogP contribution in [0.2, 0.25) is 5.02 Å². The first-order valence-electron chi connectivity index (χ1n) is 6.97. The SMILES string of the molecule is COC(=O)c1ccc(NC(=O)C(=O)Nc2ccc(Cl)cc2C)cc1. The Morgan fingerprint density at radius 3 is 2.17 bits per heavy atom. The summed E-state index contributed by atoms with van der Waals surface area (Å²) in [6.07, 6.45) is 0. The number of amides is 2. The van der Waals surface area contributed by atoms with Crippen LogP contribution in [-0.2, 0) is 14.3 Å². The van der Waals surface area contributed by atoms with E-state index >= 15 is 0 Å². The van der Waals surface area contributed by atoms with Crippen LogP contribution >= 0.6 is 11.6 Å². The fourth-order valence-corrected chi connectivity index (χ4v) is 2.17. The molecule has 24 heavy (non-hydrogen) atoms. The molecule has 0 aliphatic rings. The second kappa shape index (κ2) is 7.61. The molecule has 0 heterocycles. The maximum atomic E-state index is 11.9. The van der Waals surface area contributed by atoms with Crippen LogP contribution in [0.4, 0.5) is 11.4 Å². The summed E-state index contributed by atoms with van der Waals surface area (Å²) in [5.74, 6) is -2.11. The lowest BCUT2D eigenvalue weighted by Crippen LogP contribution is -2.29. The highest BCUT2D eigenvalue weighted by atomic mass is 35.5. The number of nitrogens with one attached hydrogen (secondary N) is 2. The molecule has 0 bridgehead atoms. The zero-order valence-electron chi connectivity index (χ0n) is 13.1. The smallest absolute Gasteiger partial charge is 0.337 e. The Hall–Kier alpha value is -2.86. The van der Waals surface area contributed by atoms with Crippen LogP contribution < -0.4 is 10.6 Å². The summed E-state index contributed by atoms with van der Waals surface area (Å²) >= 11 is 5.84. The Bertz CT molecular complexity index is 788. The zero-order valence-corrected chi connectivity index (χ0v) is 13.8. The minimum atomic E-state index is -0.824. The van der Waals surface area contributed by atoms with Gasteiger partial charge in [-0.25, -0.2) is 4.79 Å². The van der Waals surface area contributed by atoms with E-state index in [1.807, 2.05) is 0 Å². The van der Waals surface area contributed by atoms with Gasteiger partial charge in [0.15, 0.2) is 0 Å². The van der Waals surface area contributed by atoms with Crippen LogP contribution in [-0.4, -0.2) is 24.9 Å². The minimum Gasteiger partial charge on any atom is -0.465 e. The fourth-order valence-electron chi connectivity index (χ4n) is 1.94. The molecule has 2 N–H and O–H groups in total. The Morgan fingerprint density at radius 2 is 1.58 bits per heavy atom. The highest BCUT2D eigenvalue weighted by Crippen LogP contribution is 2.19. The quantitative estimate of drug-likeness (QED) is 0.661. The largest absolute Gasteiger partial charge is 0.465 e. The van der Waals surface area contributed by atoms with Crippen molar-refractivity contribution >= 4 is 40.8 Å². The van der Waals surface area contributed by atoms with Crippen LogP contribution in [0.5, 0.6) is 0 Å². The van der Waals surface area contributed by atoms with Crippen molar-refractivity contribution in [1.82, 2.24) is 0 Å². The van der Waals surface area contributed by atoms with Crippen LogP contribution in [0, 0.1) is 6.92 Å². The second-order valence-corrected chi connectivity index (χ2v) is 5.37. The lowest BCUT2D eigenvalue weighted by molar-refractivity contribution is -0.133. The van der Waals surface area contributed by atoms with Crippen molar-refractivity contribution in [2.45, 2.75) is 6.92 Å². The van der Waals surface area contributed by atoms with Crippen LogP contribution in [0.15, 0.2) is 42.5 Å². The van der Waals surface area contributed by atoms with Gasteiger partial charge in [-0.2, -0.15) is 0 Å². The van der Waals surface area contributed by atoms with Gasteiger partial charge >= 0.3 is 17.8 Å². The predicted molar refractivity (Wildman–Crippen MR) is 91.2 cm³/mol. The number of halogens is 1. The molecule has 124 valence electrons. The van der Waals surface area contributed by atoms with Gasteiger partial charge < -0.3 is 15.4 Å². The molecular weight excluding hydrogens is 332 g/mol. The van der Waals surface area contributed by atoms with Gasteiger partial charge in [0.2, 0.25) is 0 Å². The van der Waals surface area contributed by atoms with Crippen LogP contribution in [0.3, 0.4) is 0 Å². The summed E-state index contributed by atoms with van der Waals surface area (Å²) in [4.78, 5) is 35.2. The summed E-state index contributed by atoms with van der Waals surface area (Å²) in [5.41, 5.74) is 1.97. The van der Waals surface area contributed by atoms with Gasteiger partial charge in [0.1, 0.15) is 0 Å². The van der Waals surface area contributed by atoms with Crippen LogP contribution in [0.1, 0.15) is 15.9 Å². The van der Waals surface area contributed by atoms with Crippen molar-refractivity contribution in [2.24, 2.45) is 0 Å². The predicted octanol–water partition coefficient (Wildman–Crippen LogP) is 3.01. The third-order valence-corrected chi connectivity index (χ3v) is 3.44. The fraction of sp³-hybridized carbons (Fsp3) is 0.118. The summed E-state index contributed by atoms with van der Waals surface area (Å²) < 4.78 is 4.58. The van der Waals surface area contributed by atoms with E-state index in [4.69, 9.17) is 11.6 Å². The van der Waals surface area contributed by atoms with Crippen LogP contribution in [0.25, 0.3) is 0 Å². The number of hydrogen-bond donors (Lipinski definition) is 2. The second-order valence-electron chi connectivity index (χ2n) is 4.94. The Morgan fingerprint density at radius 1 is 0.958 bits per heavy atom. The molecule has 2 aromatic carbocycles. The van der Waals surface area contributed by atoms with E-state index < -0.39 is 17.8 Å². The van der Waals surface area contributed by atoms with Gasteiger partial charge in [0, 0.05) is 16.4 Å². The number of rotatable bonds is 3. The summed E-state index contributed by atoms with van der Waals surface area (Å²) in [6.45, 7) is 1.77. The molecule has 6 nitrogen and oxygen atoms in total. The van der Waals surface area contributed by atoms with Gasteiger partial charge in [-0.3, -0.25) is 9.59 Å². The summed E-state index contributed by atoms with van der Waals surface area (Å²) in [6, 6.07) is 10.9. The number of carbonyl (C=O) groups is 3. The first-order chi connectivity index (χ1) is 11.4. The molecule has 0 aliphatic heterocycles. The summed E-state index contributed by atoms with van der Waals surface area (Å²) in [7, 11) is 1.28. The third kappa shape index (κ3) is 4.33. The van der Waals surface area contributed by atoms with Crippen molar-refractivity contribution in [3.63, 3.8) is 0 Å². The standard InChI is InChI=1S/C17H15ClN2O4/c1-10-9-12(18)5-8-14(10)20-16(22)15(21)19-13-6-3-11(4-7-13)17(23)24-2/h3-9H,1-2H3,(H,19,21)(H,20,22). The molecule has 2 rings (SSSR count). The Kier molecular flexibility index (Phi) is 5.55. The molecule has 0 saturated carbocycles. The number of methoxy groups -OCH3 is 1. The van der Waals surface area contributed by atoms with Gasteiger partial charge in [0.25, 0.3) is 0 Å². The number of anilines is 2. The number of esters is 1. The molecule has 0 aromatic heterocycles. The molecule has 0 spiro atoms. The Labute approximate surface area is 143 Å². The van der Waals surface area contributed by atoms with Crippen molar-refractivity contribution in [3.8, 4) is 0 Å². The number of benzene rings is 2. The molecule has 0 unspecified atom stereocenters. The first kappa shape index (κ1) is 17.5. The summed E-state index contributed by atoms with van der Waals surface area (Å²) in [5, 5.41) is 5.50. The first-order valence-corrected chi connectivity index (χ1v) is 7.35. The number of aryl methyl sites for hydroxylation is 1. The molecule has 7 heteroatoms. The van der Waals surface area contributed by atoms with Crippen molar-refractivity contribution in [2.75, 3.05) is 17.7 Å². The van der Waals surface area contributed by atoms with E-state index in [0.717, 1.165) is 5.56 Å². The average molecular weight is 347 g/mol. The maximum Gasteiger partial charge on any atom is 0.337 e. The van der Waals surface area contributed by atoms with E-state index in [1.54, 1.807) is 25.1 Å². The van der Waals surface area contributed by atoms with Gasteiger partial charge in [0.05, 0.1) is 12.7 Å². The van der Waals surface area contributed by atoms with Crippen molar-refractivity contribution < 1.29 is 19.1 Å². The highest BCUT2D eigenvalue weighted by Gasteiger charge is 2.15. The van der Waals surface area contributed by atoms with Crippen molar-refractivity contribution in [1.29, 1.82) is 0 Å². The van der Waals surface area contributed by atoms with E-state index in [0.29, 0.717) is 22.0 Å². The van der Waals surface area contributed by atoms with Gasteiger partial charge in [-0.15, -0.1) is 0 Å². The zero-order chi connectivity index (χ0) is 17.7. The number of ether oxygens (including phenoxy) is 1. The number of hydrogen-bond acceptors (Lipinski definition) is 4. The number of carbonyl (C=O) groups excluding carboxylic acids is 3. The van der Waals surface area contributed by atoms with Gasteiger partial charge in [-0.05, 0) is 55.0 Å². The molecule has 0 saturated heterocycles. The molecule has 2 aromatic rings. The van der Waals surface area contributed by atoms with E-state index in [1.165, 1.54) is 31.4 Å². The third-order valence-electron chi connectivity index (χ3n) is 3.21. The lowest BCUT2D eigenvalue weighted by atomic mass is 10.2. The van der Waals surface area contributed by atoms with E-state index in [-0.39, 0.29) is 0 Å². The Balaban J connectivity index is 2.01. The molecule has 0 radical (unpaired) electrons. The lowest BCUT2D eigenvalue weighted by Gasteiger charge is -2.09. The van der Waals surface area contributed by atoms with Gasteiger partial charge in [-0.1, -0.05) is 11.6 Å². The normalized spacial score (nSPS) is 9.96. The molecule has 2 amide bonds. The molecule has 0 atom stereocenters. The topological polar surface area (TPSA) is 84.5 Å².